The van der Waals surface area contributed by atoms with Gasteiger partial charge in [-0.15, -0.1) is 5.10 Å². The van der Waals surface area contributed by atoms with Crippen LogP contribution in [0.5, 0.6) is 5.75 Å². The van der Waals surface area contributed by atoms with Gasteiger partial charge in [-0.1, -0.05) is 23.9 Å². The van der Waals surface area contributed by atoms with Gasteiger partial charge < -0.3 is 15.0 Å². The molecule has 1 atom stereocenters. The molecule has 8 nitrogen and oxygen atoms in total. The average molecular weight is 437 g/mol. The summed E-state index contributed by atoms with van der Waals surface area (Å²) in [5.74, 6) is 0.762. The fourth-order valence-corrected chi connectivity index (χ4v) is 4.18. The van der Waals surface area contributed by atoms with E-state index in [4.69, 9.17) is 4.74 Å². The second-order valence-electron chi connectivity index (χ2n) is 7.24. The SMILES string of the molecule is COc1ccc2c(CCNC(=O)C(C)Sc3nnnn3-c3cccc(C)c3)c[nH]c2c1. The van der Waals surface area contributed by atoms with Gasteiger partial charge in [-0.3, -0.25) is 4.79 Å². The number of amides is 1. The van der Waals surface area contributed by atoms with Crippen LogP contribution in [0.1, 0.15) is 18.1 Å². The van der Waals surface area contributed by atoms with Crippen LogP contribution in [0, 0.1) is 6.92 Å². The van der Waals surface area contributed by atoms with Crippen LogP contribution in [0.3, 0.4) is 0 Å². The highest BCUT2D eigenvalue weighted by atomic mass is 32.2. The van der Waals surface area contributed by atoms with E-state index in [9.17, 15) is 4.79 Å². The largest absolute Gasteiger partial charge is 0.497 e. The Morgan fingerprint density at radius 2 is 2.16 bits per heavy atom. The first kappa shape index (κ1) is 20.9. The first-order chi connectivity index (χ1) is 15.0. The van der Waals surface area contributed by atoms with Gasteiger partial charge in [0.1, 0.15) is 5.75 Å². The van der Waals surface area contributed by atoms with Gasteiger partial charge in [-0.2, -0.15) is 4.68 Å². The quantitative estimate of drug-likeness (QED) is 0.411. The maximum Gasteiger partial charge on any atom is 0.233 e. The minimum absolute atomic E-state index is 0.0506. The molecular weight excluding hydrogens is 412 g/mol. The lowest BCUT2D eigenvalue weighted by Gasteiger charge is -2.12. The minimum Gasteiger partial charge on any atom is -0.497 e. The maximum atomic E-state index is 12.6. The number of nitrogens with zero attached hydrogens (tertiary/aromatic N) is 4. The van der Waals surface area contributed by atoms with Gasteiger partial charge in [0.25, 0.3) is 0 Å². The van der Waals surface area contributed by atoms with Crippen molar-refractivity contribution in [1.82, 2.24) is 30.5 Å². The zero-order chi connectivity index (χ0) is 21.8. The second-order valence-corrected chi connectivity index (χ2v) is 8.55. The van der Waals surface area contributed by atoms with Crippen LogP contribution < -0.4 is 10.1 Å². The molecule has 9 heteroatoms. The van der Waals surface area contributed by atoms with Crippen LogP contribution in [-0.2, 0) is 11.2 Å². The van der Waals surface area contributed by atoms with E-state index in [1.807, 2.05) is 62.5 Å². The predicted octanol–water partition coefficient (Wildman–Crippen LogP) is 3.30. The highest BCUT2D eigenvalue weighted by Crippen LogP contribution is 2.24. The average Bonchev–Trinajstić information content (AvgIpc) is 3.40. The Morgan fingerprint density at radius 3 is 2.97 bits per heavy atom. The van der Waals surface area contributed by atoms with Gasteiger partial charge in [0.15, 0.2) is 0 Å². The standard InChI is InChI=1S/C22H24N6O2S/c1-14-5-4-6-17(11-14)28-22(25-26-27-28)31-15(2)21(29)23-10-9-16-13-24-20-12-18(30-3)7-8-19(16)20/h4-8,11-13,15,24H,9-10H2,1-3H3,(H,23,29). The summed E-state index contributed by atoms with van der Waals surface area (Å²) < 4.78 is 6.92. The van der Waals surface area contributed by atoms with Crippen molar-refractivity contribution in [2.24, 2.45) is 0 Å². The summed E-state index contributed by atoms with van der Waals surface area (Å²) in [5.41, 5.74) is 4.16. The monoisotopic (exact) mass is 436 g/mol. The van der Waals surface area contributed by atoms with E-state index in [0.717, 1.165) is 39.9 Å². The highest BCUT2D eigenvalue weighted by Gasteiger charge is 2.19. The molecule has 0 saturated heterocycles. The number of aromatic nitrogens is 5. The van der Waals surface area contributed by atoms with Gasteiger partial charge in [0.2, 0.25) is 11.1 Å². The van der Waals surface area contributed by atoms with Crippen LogP contribution in [0.15, 0.2) is 53.8 Å². The fraction of sp³-hybridized carbons (Fsp3) is 0.273. The zero-order valence-corrected chi connectivity index (χ0v) is 18.4. The van der Waals surface area contributed by atoms with Crippen molar-refractivity contribution in [1.29, 1.82) is 0 Å². The molecule has 1 unspecified atom stereocenters. The van der Waals surface area contributed by atoms with Crippen LogP contribution in [-0.4, -0.2) is 50.0 Å². The van der Waals surface area contributed by atoms with Crippen molar-refractivity contribution < 1.29 is 9.53 Å². The highest BCUT2D eigenvalue weighted by molar-refractivity contribution is 8.00. The molecule has 0 aliphatic heterocycles. The summed E-state index contributed by atoms with van der Waals surface area (Å²) in [6.45, 7) is 4.42. The normalized spacial score (nSPS) is 12.1. The number of aryl methyl sites for hydroxylation is 1. The molecule has 2 heterocycles. The number of benzene rings is 2. The number of carbonyl (C=O) groups excluding carboxylic acids is 1. The Hall–Kier alpha value is -3.33. The molecule has 0 aliphatic rings. The van der Waals surface area contributed by atoms with Crippen molar-refractivity contribution in [3.63, 3.8) is 0 Å². The van der Waals surface area contributed by atoms with Gasteiger partial charge >= 0.3 is 0 Å². The summed E-state index contributed by atoms with van der Waals surface area (Å²) in [4.78, 5) is 15.9. The molecule has 4 aromatic rings. The molecule has 0 spiro atoms. The van der Waals surface area contributed by atoms with Crippen LogP contribution in [0.25, 0.3) is 16.6 Å². The van der Waals surface area contributed by atoms with E-state index in [2.05, 4.69) is 25.8 Å². The van der Waals surface area contributed by atoms with E-state index >= 15 is 0 Å². The summed E-state index contributed by atoms with van der Waals surface area (Å²) in [7, 11) is 1.65. The third-order valence-electron chi connectivity index (χ3n) is 5.01. The van der Waals surface area contributed by atoms with Crippen molar-refractivity contribution in [2.45, 2.75) is 30.7 Å². The number of carbonyl (C=O) groups is 1. The topological polar surface area (TPSA) is 97.7 Å². The number of nitrogens with one attached hydrogen (secondary N) is 2. The molecule has 1 amide bonds. The van der Waals surface area contributed by atoms with Gasteiger partial charge in [-0.25, -0.2) is 0 Å². The molecule has 31 heavy (non-hydrogen) atoms. The molecule has 0 radical (unpaired) electrons. The van der Waals surface area contributed by atoms with Gasteiger partial charge in [0, 0.05) is 29.7 Å². The van der Waals surface area contributed by atoms with Gasteiger partial charge in [-0.05, 0) is 66.1 Å². The lowest BCUT2D eigenvalue weighted by molar-refractivity contribution is -0.120. The number of aromatic amines is 1. The summed E-state index contributed by atoms with van der Waals surface area (Å²) in [6.07, 6.45) is 2.71. The summed E-state index contributed by atoms with van der Waals surface area (Å²) in [5, 5.41) is 16.3. The zero-order valence-electron chi connectivity index (χ0n) is 17.6. The Labute approximate surface area is 184 Å². The smallest absolute Gasteiger partial charge is 0.233 e. The molecule has 2 aromatic carbocycles. The van der Waals surface area contributed by atoms with Crippen molar-refractivity contribution in [3.8, 4) is 11.4 Å². The Morgan fingerprint density at radius 1 is 1.29 bits per heavy atom. The number of methoxy groups -OCH3 is 1. The summed E-state index contributed by atoms with van der Waals surface area (Å²) >= 11 is 1.33. The molecule has 2 aromatic heterocycles. The van der Waals surface area contributed by atoms with E-state index < -0.39 is 0 Å². The summed E-state index contributed by atoms with van der Waals surface area (Å²) in [6, 6.07) is 13.9. The Bertz CT molecular complexity index is 1200. The lowest BCUT2D eigenvalue weighted by atomic mass is 10.1. The maximum absolute atomic E-state index is 12.6. The Kier molecular flexibility index (Phi) is 6.22. The number of tetrazole rings is 1. The molecule has 2 N–H and O–H groups in total. The van der Waals surface area contributed by atoms with Crippen molar-refractivity contribution in [2.75, 3.05) is 13.7 Å². The molecule has 4 rings (SSSR count). The molecule has 160 valence electrons. The Balaban J connectivity index is 1.34. The van der Waals surface area contributed by atoms with E-state index in [-0.39, 0.29) is 11.2 Å². The number of hydrogen-bond donors (Lipinski definition) is 2. The van der Waals surface area contributed by atoms with E-state index in [1.165, 1.54) is 11.8 Å². The molecular formula is C22H24N6O2S. The predicted molar refractivity (Wildman–Crippen MR) is 121 cm³/mol. The number of thioether (sulfide) groups is 1. The van der Waals surface area contributed by atoms with Crippen molar-refractivity contribution >= 4 is 28.6 Å². The minimum atomic E-state index is -0.332. The fourth-order valence-electron chi connectivity index (χ4n) is 3.35. The number of rotatable bonds is 8. The molecule has 0 fully saturated rings. The second kappa shape index (κ2) is 9.22. The van der Waals surface area contributed by atoms with Crippen molar-refractivity contribution in [3.05, 3.63) is 59.8 Å². The van der Waals surface area contributed by atoms with E-state index in [1.54, 1.807) is 11.8 Å². The van der Waals surface area contributed by atoms with Gasteiger partial charge in [0.05, 0.1) is 18.0 Å². The first-order valence-corrected chi connectivity index (χ1v) is 10.9. The lowest BCUT2D eigenvalue weighted by Crippen LogP contribution is -2.32. The van der Waals surface area contributed by atoms with E-state index in [0.29, 0.717) is 11.7 Å². The third-order valence-corrected chi connectivity index (χ3v) is 6.04. The molecule has 0 aliphatic carbocycles. The first-order valence-electron chi connectivity index (χ1n) is 9.99. The number of hydrogen-bond acceptors (Lipinski definition) is 6. The van der Waals surface area contributed by atoms with Crippen LogP contribution >= 0.6 is 11.8 Å². The molecule has 0 bridgehead atoms. The molecule has 0 saturated carbocycles. The number of H-pyrrole nitrogens is 1. The van der Waals surface area contributed by atoms with Crippen LogP contribution in [0.4, 0.5) is 0 Å². The number of fused-ring (bicyclic) bond motifs is 1. The third kappa shape index (κ3) is 4.72. The van der Waals surface area contributed by atoms with Crippen LogP contribution in [0.2, 0.25) is 0 Å². The number of ether oxygens (including phenoxy) is 1.